The van der Waals surface area contributed by atoms with Crippen LogP contribution in [0.4, 0.5) is 0 Å². The first kappa shape index (κ1) is 13.3. The first-order valence-corrected chi connectivity index (χ1v) is 8.20. The van der Waals surface area contributed by atoms with Gasteiger partial charge in [-0.15, -0.1) is 0 Å². The molecule has 0 radical (unpaired) electrons. The Kier molecular flexibility index (Phi) is 2.90. The standard InChI is InChI=1S/C18H23NO2/c1-19-18-9-8-14-13-5-3-12(20)10-11(13)2-4-15(14)16(18)6-7-17(18)21/h3,5,10,14-16,19-20H,2,4,6-9H2,1H3. The SMILES string of the molecule is CNC12CCC3c4ccc(O)cc4CCC3C1CCC2=O. The van der Waals surface area contributed by atoms with E-state index in [1.54, 1.807) is 0 Å². The van der Waals surface area contributed by atoms with Gasteiger partial charge in [0.2, 0.25) is 0 Å². The number of phenols is 1. The van der Waals surface area contributed by atoms with E-state index in [-0.39, 0.29) is 5.54 Å². The Balaban J connectivity index is 1.73. The van der Waals surface area contributed by atoms with Gasteiger partial charge in [-0.1, -0.05) is 6.07 Å². The van der Waals surface area contributed by atoms with Crippen LogP contribution in [0.15, 0.2) is 18.2 Å². The first-order chi connectivity index (χ1) is 10.2. The fourth-order valence-electron chi connectivity index (χ4n) is 5.48. The van der Waals surface area contributed by atoms with Crippen molar-refractivity contribution >= 4 is 5.78 Å². The van der Waals surface area contributed by atoms with Gasteiger partial charge < -0.3 is 10.4 Å². The highest BCUT2D eigenvalue weighted by Gasteiger charge is 2.56. The average Bonchev–Trinajstić information content (AvgIpc) is 2.84. The number of Topliss-reactive ketones (excluding diaryl/α,β-unsaturated/α-hetero) is 1. The molecule has 0 saturated heterocycles. The maximum Gasteiger partial charge on any atom is 0.153 e. The summed E-state index contributed by atoms with van der Waals surface area (Å²) in [5, 5.41) is 13.1. The van der Waals surface area contributed by atoms with Gasteiger partial charge in [0.15, 0.2) is 5.78 Å². The summed E-state index contributed by atoms with van der Waals surface area (Å²) in [4.78, 5) is 12.4. The Labute approximate surface area is 125 Å². The second kappa shape index (κ2) is 4.57. The first-order valence-electron chi connectivity index (χ1n) is 8.20. The number of ketones is 1. The molecule has 4 unspecified atom stereocenters. The summed E-state index contributed by atoms with van der Waals surface area (Å²) in [6, 6.07) is 5.87. The van der Waals surface area contributed by atoms with Gasteiger partial charge in [-0.05, 0) is 80.2 Å². The van der Waals surface area contributed by atoms with Gasteiger partial charge in [-0.2, -0.15) is 0 Å². The van der Waals surface area contributed by atoms with Crippen molar-refractivity contribution in [2.75, 3.05) is 7.05 Å². The van der Waals surface area contributed by atoms with Crippen LogP contribution in [-0.2, 0) is 11.2 Å². The van der Waals surface area contributed by atoms with Gasteiger partial charge in [0.25, 0.3) is 0 Å². The van der Waals surface area contributed by atoms with Crippen molar-refractivity contribution in [3.8, 4) is 5.75 Å². The predicted molar refractivity (Wildman–Crippen MR) is 81.4 cm³/mol. The van der Waals surface area contributed by atoms with Crippen molar-refractivity contribution in [3.05, 3.63) is 29.3 Å². The maximum absolute atomic E-state index is 12.4. The van der Waals surface area contributed by atoms with E-state index in [0.29, 0.717) is 29.3 Å². The molecule has 4 atom stereocenters. The second-order valence-electron chi connectivity index (χ2n) is 7.02. The Bertz CT molecular complexity index is 597. The molecule has 2 fully saturated rings. The van der Waals surface area contributed by atoms with E-state index in [9.17, 15) is 9.90 Å². The van der Waals surface area contributed by atoms with E-state index in [1.165, 1.54) is 11.1 Å². The number of likely N-dealkylation sites (N-methyl/N-ethyl adjacent to an activating group) is 1. The number of fused-ring (bicyclic) bond motifs is 5. The zero-order chi connectivity index (χ0) is 14.6. The highest BCUT2D eigenvalue weighted by atomic mass is 16.3. The summed E-state index contributed by atoms with van der Waals surface area (Å²) in [6.45, 7) is 0. The van der Waals surface area contributed by atoms with E-state index in [1.807, 2.05) is 19.2 Å². The summed E-state index contributed by atoms with van der Waals surface area (Å²) in [7, 11) is 1.96. The van der Waals surface area contributed by atoms with Gasteiger partial charge in [-0.3, -0.25) is 4.79 Å². The van der Waals surface area contributed by atoms with Gasteiger partial charge in [0, 0.05) is 6.42 Å². The molecular formula is C18H23NO2. The van der Waals surface area contributed by atoms with E-state index in [2.05, 4.69) is 11.4 Å². The lowest BCUT2D eigenvalue weighted by molar-refractivity contribution is -0.125. The van der Waals surface area contributed by atoms with Crippen LogP contribution in [0.25, 0.3) is 0 Å². The number of phenolic OH excluding ortho intramolecular Hbond substituents is 1. The third-order valence-electron chi connectivity index (χ3n) is 6.42. The minimum atomic E-state index is -0.240. The van der Waals surface area contributed by atoms with Crippen LogP contribution in [0.3, 0.4) is 0 Å². The fourth-order valence-corrected chi connectivity index (χ4v) is 5.48. The predicted octanol–water partition coefficient (Wildman–Crippen LogP) is 2.77. The lowest BCUT2D eigenvalue weighted by Gasteiger charge is -2.49. The molecule has 0 aliphatic heterocycles. The van der Waals surface area contributed by atoms with E-state index >= 15 is 0 Å². The highest BCUT2D eigenvalue weighted by molar-refractivity contribution is 5.91. The number of nitrogens with one attached hydrogen (secondary N) is 1. The second-order valence-corrected chi connectivity index (χ2v) is 7.02. The van der Waals surface area contributed by atoms with Crippen LogP contribution in [0.2, 0.25) is 0 Å². The zero-order valence-electron chi connectivity index (χ0n) is 12.6. The van der Waals surface area contributed by atoms with Crippen LogP contribution in [-0.4, -0.2) is 23.5 Å². The van der Waals surface area contributed by atoms with Crippen LogP contribution < -0.4 is 5.32 Å². The topological polar surface area (TPSA) is 49.3 Å². The number of aromatic hydroxyl groups is 1. The number of aryl methyl sites for hydroxylation is 1. The quantitative estimate of drug-likeness (QED) is 0.834. The lowest BCUT2D eigenvalue weighted by Crippen LogP contribution is -2.57. The number of carbonyl (C=O) groups excluding carboxylic acids is 1. The van der Waals surface area contributed by atoms with Crippen molar-refractivity contribution in [2.45, 2.75) is 50.0 Å². The number of benzene rings is 1. The molecule has 0 amide bonds. The summed E-state index contributed by atoms with van der Waals surface area (Å²) >= 11 is 0. The molecule has 21 heavy (non-hydrogen) atoms. The summed E-state index contributed by atoms with van der Waals surface area (Å²) in [5.41, 5.74) is 2.50. The number of hydrogen-bond acceptors (Lipinski definition) is 3. The maximum atomic E-state index is 12.4. The van der Waals surface area contributed by atoms with Gasteiger partial charge >= 0.3 is 0 Å². The molecule has 1 aromatic carbocycles. The molecule has 3 heteroatoms. The minimum absolute atomic E-state index is 0.240. The number of rotatable bonds is 1. The number of hydrogen-bond donors (Lipinski definition) is 2. The molecule has 2 N–H and O–H groups in total. The summed E-state index contributed by atoms with van der Waals surface area (Å²) in [5.74, 6) is 2.51. The molecule has 4 rings (SSSR count). The van der Waals surface area contributed by atoms with E-state index in [4.69, 9.17) is 0 Å². The van der Waals surface area contributed by atoms with Crippen molar-refractivity contribution in [1.82, 2.24) is 5.32 Å². The normalized spacial score (nSPS) is 37.8. The average molecular weight is 285 g/mol. The molecule has 3 aliphatic rings. The Morgan fingerprint density at radius 1 is 1.24 bits per heavy atom. The molecule has 3 nitrogen and oxygen atoms in total. The number of carbonyl (C=O) groups is 1. The van der Waals surface area contributed by atoms with Crippen molar-refractivity contribution < 1.29 is 9.90 Å². The fraction of sp³-hybridized carbons (Fsp3) is 0.611. The molecule has 0 bridgehead atoms. The zero-order valence-corrected chi connectivity index (χ0v) is 12.6. The smallest absolute Gasteiger partial charge is 0.153 e. The highest BCUT2D eigenvalue weighted by Crippen LogP contribution is 2.55. The summed E-state index contributed by atoms with van der Waals surface area (Å²) < 4.78 is 0. The van der Waals surface area contributed by atoms with Crippen molar-refractivity contribution in [3.63, 3.8) is 0 Å². The van der Waals surface area contributed by atoms with Gasteiger partial charge in [0.1, 0.15) is 5.75 Å². The molecule has 1 aromatic rings. The van der Waals surface area contributed by atoms with Crippen LogP contribution >= 0.6 is 0 Å². The van der Waals surface area contributed by atoms with Crippen LogP contribution in [0.1, 0.15) is 49.1 Å². The molecule has 0 aromatic heterocycles. The molecule has 112 valence electrons. The molecule has 3 aliphatic carbocycles. The molecule has 2 saturated carbocycles. The van der Waals surface area contributed by atoms with Crippen molar-refractivity contribution in [2.24, 2.45) is 11.8 Å². The third-order valence-corrected chi connectivity index (χ3v) is 6.42. The van der Waals surface area contributed by atoms with E-state index < -0.39 is 0 Å². The van der Waals surface area contributed by atoms with Crippen molar-refractivity contribution in [1.29, 1.82) is 0 Å². The van der Waals surface area contributed by atoms with Crippen LogP contribution in [0.5, 0.6) is 5.75 Å². The minimum Gasteiger partial charge on any atom is -0.508 e. The molecular weight excluding hydrogens is 262 g/mol. The third kappa shape index (κ3) is 1.73. The monoisotopic (exact) mass is 285 g/mol. The van der Waals surface area contributed by atoms with E-state index in [0.717, 1.165) is 38.5 Å². The Morgan fingerprint density at radius 3 is 2.90 bits per heavy atom. The molecule has 0 spiro atoms. The molecule has 0 heterocycles. The Hall–Kier alpha value is -1.35. The Morgan fingerprint density at radius 2 is 2.10 bits per heavy atom. The van der Waals surface area contributed by atoms with Crippen LogP contribution in [0, 0.1) is 11.8 Å². The summed E-state index contributed by atoms with van der Waals surface area (Å²) in [6.07, 6.45) is 6.04. The van der Waals surface area contributed by atoms with Gasteiger partial charge in [0.05, 0.1) is 5.54 Å². The van der Waals surface area contributed by atoms with Gasteiger partial charge in [-0.25, -0.2) is 0 Å². The largest absolute Gasteiger partial charge is 0.508 e. The lowest BCUT2D eigenvalue weighted by atomic mass is 9.58.